The van der Waals surface area contributed by atoms with Crippen molar-refractivity contribution in [2.75, 3.05) is 45.8 Å². The van der Waals surface area contributed by atoms with Crippen LogP contribution in [0.4, 0.5) is 10.1 Å². The molecule has 2 aromatic rings. The monoisotopic (exact) mass is 403 g/mol. The molecule has 29 heavy (non-hydrogen) atoms. The number of anilines is 1. The molecule has 1 aromatic carbocycles. The number of halogens is 1. The zero-order valence-corrected chi connectivity index (χ0v) is 17.2. The molecule has 1 aliphatic carbocycles. The molecule has 7 nitrogen and oxygen atoms in total. The van der Waals surface area contributed by atoms with E-state index in [4.69, 9.17) is 9.47 Å². The number of esters is 1. The Balaban J connectivity index is 1.98. The lowest BCUT2D eigenvalue weighted by atomic mass is 10.1. The summed E-state index contributed by atoms with van der Waals surface area (Å²) in [5.41, 5.74) is 0.281. The van der Waals surface area contributed by atoms with Gasteiger partial charge in [0.15, 0.2) is 11.6 Å². The molecule has 1 aromatic heterocycles. The summed E-state index contributed by atoms with van der Waals surface area (Å²) in [6.07, 6.45) is 3.39. The highest BCUT2D eigenvalue weighted by Crippen LogP contribution is 2.44. The molecule has 0 bridgehead atoms. The van der Waals surface area contributed by atoms with E-state index in [2.05, 4.69) is 18.9 Å². The molecule has 8 heteroatoms. The highest BCUT2D eigenvalue weighted by molar-refractivity contribution is 5.97. The van der Waals surface area contributed by atoms with Crippen LogP contribution in [-0.2, 0) is 4.74 Å². The standard InChI is InChI=1S/C21H26FN3O4/c1-12-10-24(8-7-23(12)2)18-16(22)9-14-17(20(18)28-3)25(13-5-6-13)11-15(19(14)26)21(27)29-4/h9,11-13H,5-8,10H2,1-4H3. The second-order valence-corrected chi connectivity index (χ2v) is 7.91. The number of likely N-dealkylation sites (N-methyl/N-ethyl adjacent to an activating group) is 1. The third-order valence-electron chi connectivity index (χ3n) is 6.02. The first-order valence-corrected chi connectivity index (χ1v) is 9.86. The van der Waals surface area contributed by atoms with Crippen LogP contribution in [0.5, 0.6) is 5.75 Å². The number of ether oxygens (including phenoxy) is 2. The zero-order chi connectivity index (χ0) is 20.9. The SMILES string of the molecule is COC(=O)c1cn(C2CC2)c2c(OC)c(N3CCN(C)C(C)C3)c(F)cc2c1=O. The molecule has 1 unspecified atom stereocenters. The van der Waals surface area contributed by atoms with Crippen molar-refractivity contribution >= 4 is 22.6 Å². The van der Waals surface area contributed by atoms with E-state index in [1.165, 1.54) is 26.5 Å². The largest absolute Gasteiger partial charge is 0.492 e. The first-order chi connectivity index (χ1) is 13.9. The maximum Gasteiger partial charge on any atom is 0.343 e. The van der Waals surface area contributed by atoms with Gasteiger partial charge in [-0.2, -0.15) is 0 Å². The molecular weight excluding hydrogens is 377 g/mol. The van der Waals surface area contributed by atoms with Crippen molar-refractivity contribution in [2.24, 2.45) is 0 Å². The molecular formula is C21H26FN3O4. The summed E-state index contributed by atoms with van der Waals surface area (Å²) in [5, 5.41) is 0.139. The Morgan fingerprint density at radius 1 is 1.24 bits per heavy atom. The molecule has 156 valence electrons. The van der Waals surface area contributed by atoms with Crippen molar-refractivity contribution < 1.29 is 18.7 Å². The number of carbonyl (C=O) groups excluding carboxylic acids is 1. The van der Waals surface area contributed by atoms with Crippen LogP contribution in [0.25, 0.3) is 10.9 Å². The third-order valence-corrected chi connectivity index (χ3v) is 6.02. The molecule has 4 rings (SSSR count). The number of rotatable bonds is 4. The fourth-order valence-corrected chi connectivity index (χ4v) is 4.08. The topological polar surface area (TPSA) is 64.0 Å². The number of nitrogens with zero attached hydrogens (tertiary/aromatic N) is 3. The number of methoxy groups -OCH3 is 2. The summed E-state index contributed by atoms with van der Waals surface area (Å²) >= 11 is 0. The fourth-order valence-electron chi connectivity index (χ4n) is 4.08. The average Bonchev–Trinajstić information content (AvgIpc) is 3.54. The minimum absolute atomic E-state index is 0.0886. The average molecular weight is 403 g/mol. The van der Waals surface area contributed by atoms with E-state index in [0.717, 1.165) is 19.4 Å². The van der Waals surface area contributed by atoms with Crippen molar-refractivity contribution in [3.63, 3.8) is 0 Å². The minimum atomic E-state index is -0.720. The van der Waals surface area contributed by atoms with Crippen LogP contribution in [0.3, 0.4) is 0 Å². The Hall–Kier alpha value is -2.61. The second kappa shape index (κ2) is 7.33. The van der Waals surface area contributed by atoms with Crippen LogP contribution >= 0.6 is 0 Å². The lowest BCUT2D eigenvalue weighted by Crippen LogP contribution is -2.50. The van der Waals surface area contributed by atoms with Crippen LogP contribution < -0.4 is 15.1 Å². The zero-order valence-electron chi connectivity index (χ0n) is 17.2. The van der Waals surface area contributed by atoms with E-state index in [-0.39, 0.29) is 23.0 Å². The molecule has 2 heterocycles. The van der Waals surface area contributed by atoms with E-state index >= 15 is 4.39 Å². The van der Waals surface area contributed by atoms with Crippen LogP contribution in [0.15, 0.2) is 17.1 Å². The summed E-state index contributed by atoms with van der Waals surface area (Å²) in [7, 11) is 4.77. The van der Waals surface area contributed by atoms with Crippen LogP contribution in [-0.4, -0.2) is 62.4 Å². The van der Waals surface area contributed by atoms with E-state index in [0.29, 0.717) is 30.0 Å². The molecule has 1 atom stereocenters. The number of aromatic nitrogens is 1. The van der Waals surface area contributed by atoms with Crippen molar-refractivity contribution in [2.45, 2.75) is 31.8 Å². The molecule has 2 aliphatic rings. The number of piperazine rings is 1. The summed E-state index contributed by atoms with van der Waals surface area (Å²) in [6, 6.07) is 1.65. The van der Waals surface area contributed by atoms with Gasteiger partial charge in [-0.15, -0.1) is 0 Å². The normalized spacial score (nSPS) is 20.2. The number of pyridine rings is 1. The molecule has 1 aliphatic heterocycles. The molecule has 0 N–H and O–H groups in total. The maximum absolute atomic E-state index is 15.3. The van der Waals surface area contributed by atoms with Gasteiger partial charge in [0.25, 0.3) is 0 Å². The Morgan fingerprint density at radius 3 is 2.55 bits per heavy atom. The van der Waals surface area contributed by atoms with Gasteiger partial charge in [-0.1, -0.05) is 0 Å². The predicted molar refractivity (Wildman–Crippen MR) is 109 cm³/mol. The number of benzene rings is 1. The Kier molecular flexibility index (Phi) is 4.98. The lowest BCUT2D eigenvalue weighted by molar-refractivity contribution is 0.0598. The summed E-state index contributed by atoms with van der Waals surface area (Å²) in [5.74, 6) is -0.896. The van der Waals surface area contributed by atoms with E-state index in [1.54, 1.807) is 0 Å². The van der Waals surface area contributed by atoms with Crippen molar-refractivity contribution in [3.8, 4) is 5.75 Å². The van der Waals surface area contributed by atoms with Gasteiger partial charge in [0.1, 0.15) is 11.3 Å². The Labute approximate surface area is 168 Å². The Morgan fingerprint density at radius 2 is 1.97 bits per heavy atom. The quantitative estimate of drug-likeness (QED) is 0.731. The number of fused-ring (bicyclic) bond motifs is 1. The van der Waals surface area contributed by atoms with Gasteiger partial charge in [0, 0.05) is 37.9 Å². The molecule has 2 fully saturated rings. The minimum Gasteiger partial charge on any atom is -0.492 e. The van der Waals surface area contributed by atoms with Gasteiger partial charge < -0.3 is 23.8 Å². The molecule has 0 amide bonds. The van der Waals surface area contributed by atoms with Gasteiger partial charge in [-0.05, 0) is 32.9 Å². The number of hydrogen-bond acceptors (Lipinski definition) is 6. The predicted octanol–water partition coefficient (Wildman–Crippen LogP) is 2.41. The lowest BCUT2D eigenvalue weighted by Gasteiger charge is -2.39. The van der Waals surface area contributed by atoms with Gasteiger partial charge in [0.2, 0.25) is 5.43 Å². The van der Waals surface area contributed by atoms with Crippen LogP contribution in [0.2, 0.25) is 0 Å². The Bertz CT molecular complexity index is 1030. The first kappa shape index (κ1) is 19.7. The van der Waals surface area contributed by atoms with Gasteiger partial charge >= 0.3 is 5.97 Å². The van der Waals surface area contributed by atoms with Crippen LogP contribution in [0, 0.1) is 5.82 Å². The fraction of sp³-hybridized carbons (Fsp3) is 0.524. The highest BCUT2D eigenvalue weighted by Gasteiger charge is 2.32. The van der Waals surface area contributed by atoms with Crippen molar-refractivity contribution in [1.82, 2.24) is 9.47 Å². The number of hydrogen-bond donors (Lipinski definition) is 0. The molecule has 0 radical (unpaired) electrons. The molecule has 1 saturated carbocycles. The summed E-state index contributed by atoms with van der Waals surface area (Å²) in [6.45, 7) is 4.22. The third kappa shape index (κ3) is 3.25. The highest BCUT2D eigenvalue weighted by atomic mass is 19.1. The van der Waals surface area contributed by atoms with E-state index in [1.807, 2.05) is 9.47 Å². The number of carbonyl (C=O) groups is 1. The van der Waals surface area contributed by atoms with Crippen molar-refractivity contribution in [3.05, 3.63) is 33.9 Å². The first-order valence-electron chi connectivity index (χ1n) is 9.86. The second-order valence-electron chi connectivity index (χ2n) is 7.91. The van der Waals surface area contributed by atoms with E-state index < -0.39 is 17.2 Å². The van der Waals surface area contributed by atoms with Gasteiger partial charge in [-0.25, -0.2) is 9.18 Å². The van der Waals surface area contributed by atoms with Crippen molar-refractivity contribution in [1.29, 1.82) is 0 Å². The molecule has 1 saturated heterocycles. The van der Waals surface area contributed by atoms with E-state index in [9.17, 15) is 9.59 Å². The molecule has 0 spiro atoms. The van der Waals surface area contributed by atoms with Gasteiger partial charge in [-0.3, -0.25) is 4.79 Å². The van der Waals surface area contributed by atoms with Crippen LogP contribution in [0.1, 0.15) is 36.2 Å². The summed E-state index contributed by atoms with van der Waals surface area (Å²) < 4.78 is 27.6. The maximum atomic E-state index is 15.3. The summed E-state index contributed by atoms with van der Waals surface area (Å²) in [4.78, 5) is 29.3. The smallest absolute Gasteiger partial charge is 0.343 e. The van der Waals surface area contributed by atoms with Gasteiger partial charge in [0.05, 0.1) is 25.1 Å².